The highest BCUT2D eigenvalue weighted by Crippen LogP contribution is 2.20. The zero-order valence-corrected chi connectivity index (χ0v) is 11.1. The van der Waals surface area contributed by atoms with Gasteiger partial charge in [-0.15, -0.1) is 0 Å². The Balaban J connectivity index is 2.28. The van der Waals surface area contributed by atoms with Gasteiger partial charge in [-0.25, -0.2) is 9.97 Å². The predicted molar refractivity (Wildman–Crippen MR) is 72.3 cm³/mol. The maximum Gasteiger partial charge on any atom is 0.258 e. The van der Waals surface area contributed by atoms with Gasteiger partial charge in [-0.3, -0.25) is 10.1 Å². The lowest BCUT2D eigenvalue weighted by Crippen LogP contribution is -2.16. The van der Waals surface area contributed by atoms with Gasteiger partial charge in [0.2, 0.25) is 5.95 Å². The zero-order valence-electron chi connectivity index (χ0n) is 11.1. The topological polar surface area (TPSA) is 75.1 Å². The quantitative estimate of drug-likeness (QED) is 0.866. The molecule has 0 bridgehead atoms. The molecule has 0 aliphatic carbocycles. The zero-order chi connectivity index (χ0) is 14.0. The van der Waals surface area contributed by atoms with E-state index in [0.717, 1.165) is 11.4 Å². The molecule has 0 aliphatic rings. The minimum Gasteiger partial charge on any atom is -0.508 e. The van der Waals surface area contributed by atoms with E-state index in [-0.39, 0.29) is 17.6 Å². The van der Waals surface area contributed by atoms with E-state index in [9.17, 15) is 9.90 Å². The van der Waals surface area contributed by atoms with Crippen molar-refractivity contribution in [1.29, 1.82) is 0 Å². The molecule has 1 aromatic carbocycles. The van der Waals surface area contributed by atoms with Crippen molar-refractivity contribution in [3.63, 3.8) is 0 Å². The van der Waals surface area contributed by atoms with Crippen molar-refractivity contribution in [3.05, 3.63) is 46.8 Å². The van der Waals surface area contributed by atoms with Gasteiger partial charge in [-0.1, -0.05) is 6.07 Å². The Bertz CT molecular complexity index is 618. The van der Waals surface area contributed by atoms with Gasteiger partial charge in [0.1, 0.15) is 5.75 Å². The fraction of sp³-hybridized carbons (Fsp3) is 0.214. The van der Waals surface area contributed by atoms with Crippen LogP contribution in [0.25, 0.3) is 0 Å². The Kier molecular flexibility index (Phi) is 3.46. The van der Waals surface area contributed by atoms with E-state index in [1.807, 2.05) is 19.9 Å². The molecule has 98 valence electrons. The van der Waals surface area contributed by atoms with Crippen LogP contribution in [0.1, 0.15) is 27.3 Å². The number of phenols is 1. The summed E-state index contributed by atoms with van der Waals surface area (Å²) in [6.07, 6.45) is 0. The number of hydrogen-bond acceptors (Lipinski definition) is 4. The number of nitrogens with one attached hydrogen (secondary N) is 1. The van der Waals surface area contributed by atoms with Gasteiger partial charge < -0.3 is 5.11 Å². The van der Waals surface area contributed by atoms with Crippen LogP contribution in [0.4, 0.5) is 5.95 Å². The predicted octanol–water partition coefficient (Wildman–Crippen LogP) is 2.36. The van der Waals surface area contributed by atoms with Crippen molar-refractivity contribution in [3.8, 4) is 5.75 Å². The molecule has 2 N–H and O–H groups in total. The first-order chi connectivity index (χ1) is 8.97. The number of rotatable bonds is 2. The third-order valence-electron chi connectivity index (χ3n) is 2.76. The summed E-state index contributed by atoms with van der Waals surface area (Å²) < 4.78 is 0. The largest absolute Gasteiger partial charge is 0.508 e. The van der Waals surface area contributed by atoms with Crippen LogP contribution >= 0.6 is 0 Å². The number of aromatic nitrogens is 2. The lowest BCUT2D eigenvalue weighted by atomic mass is 10.1. The third kappa shape index (κ3) is 2.88. The molecule has 0 aliphatic heterocycles. The Morgan fingerprint density at radius 3 is 2.42 bits per heavy atom. The number of benzene rings is 1. The highest BCUT2D eigenvalue weighted by atomic mass is 16.3. The van der Waals surface area contributed by atoms with Crippen molar-refractivity contribution in [2.75, 3.05) is 5.32 Å². The fourth-order valence-electron chi connectivity index (χ4n) is 1.82. The molecule has 1 heterocycles. The average molecular weight is 257 g/mol. The van der Waals surface area contributed by atoms with Gasteiger partial charge in [0, 0.05) is 22.5 Å². The minimum atomic E-state index is -0.335. The van der Waals surface area contributed by atoms with Crippen LogP contribution < -0.4 is 5.32 Å². The summed E-state index contributed by atoms with van der Waals surface area (Å²) in [4.78, 5) is 20.4. The van der Waals surface area contributed by atoms with Crippen molar-refractivity contribution >= 4 is 11.9 Å². The normalized spacial score (nSPS) is 10.3. The Morgan fingerprint density at radius 2 is 1.79 bits per heavy atom. The molecule has 2 rings (SSSR count). The summed E-state index contributed by atoms with van der Waals surface area (Å²) in [5.74, 6) is 0.0256. The molecule has 5 nitrogen and oxygen atoms in total. The molecule has 1 amide bonds. The number of aryl methyl sites for hydroxylation is 2. The second kappa shape index (κ2) is 5.06. The average Bonchev–Trinajstić information content (AvgIpc) is 2.31. The first-order valence-corrected chi connectivity index (χ1v) is 5.89. The smallest absolute Gasteiger partial charge is 0.258 e. The van der Waals surface area contributed by atoms with E-state index in [1.165, 1.54) is 0 Å². The standard InChI is InChI=1S/C14H15N3O2/c1-8-7-9(2)16-14(15-8)17-13(19)11-5-4-6-12(18)10(11)3/h4-7,18H,1-3H3,(H,15,16,17,19). The number of amides is 1. The number of phenolic OH excluding ortho intramolecular Hbond substituents is 1. The summed E-state index contributed by atoms with van der Waals surface area (Å²) in [5.41, 5.74) is 2.51. The van der Waals surface area contributed by atoms with E-state index in [2.05, 4.69) is 15.3 Å². The number of aromatic hydroxyl groups is 1. The molecule has 0 atom stereocenters. The molecule has 5 heteroatoms. The van der Waals surface area contributed by atoms with Gasteiger partial charge >= 0.3 is 0 Å². The number of hydrogen-bond donors (Lipinski definition) is 2. The Morgan fingerprint density at radius 1 is 1.16 bits per heavy atom. The van der Waals surface area contributed by atoms with E-state index in [4.69, 9.17) is 0 Å². The summed E-state index contributed by atoms with van der Waals surface area (Å²) in [5, 5.41) is 12.2. The van der Waals surface area contributed by atoms with Crippen LogP contribution in [0.3, 0.4) is 0 Å². The fourth-order valence-corrected chi connectivity index (χ4v) is 1.82. The molecular formula is C14H15N3O2. The number of nitrogens with zero attached hydrogens (tertiary/aromatic N) is 2. The Labute approximate surface area is 111 Å². The van der Waals surface area contributed by atoms with Crippen LogP contribution in [-0.2, 0) is 0 Å². The summed E-state index contributed by atoms with van der Waals surface area (Å²) >= 11 is 0. The molecule has 0 saturated heterocycles. The van der Waals surface area contributed by atoms with Crippen LogP contribution in [0.5, 0.6) is 5.75 Å². The molecule has 0 spiro atoms. The van der Waals surface area contributed by atoms with Crippen LogP contribution in [-0.4, -0.2) is 21.0 Å². The molecule has 1 aromatic heterocycles. The molecule has 2 aromatic rings. The molecule has 19 heavy (non-hydrogen) atoms. The molecule has 0 radical (unpaired) electrons. The van der Waals surface area contributed by atoms with Crippen LogP contribution in [0.15, 0.2) is 24.3 Å². The van der Waals surface area contributed by atoms with Crippen molar-refractivity contribution in [2.24, 2.45) is 0 Å². The number of carbonyl (C=O) groups excluding carboxylic acids is 1. The first-order valence-electron chi connectivity index (χ1n) is 5.89. The maximum atomic E-state index is 12.1. The van der Waals surface area contributed by atoms with Gasteiger partial charge in [0.25, 0.3) is 5.91 Å². The summed E-state index contributed by atoms with van der Waals surface area (Å²) in [7, 11) is 0. The highest BCUT2D eigenvalue weighted by Gasteiger charge is 2.13. The van der Waals surface area contributed by atoms with Gasteiger partial charge in [0.05, 0.1) is 0 Å². The van der Waals surface area contributed by atoms with E-state index in [1.54, 1.807) is 25.1 Å². The number of carbonyl (C=O) groups is 1. The lowest BCUT2D eigenvalue weighted by Gasteiger charge is -2.08. The highest BCUT2D eigenvalue weighted by molar-refractivity contribution is 6.04. The summed E-state index contributed by atoms with van der Waals surface area (Å²) in [6.45, 7) is 5.36. The second-order valence-electron chi connectivity index (χ2n) is 4.38. The minimum absolute atomic E-state index is 0.0917. The van der Waals surface area contributed by atoms with Gasteiger partial charge in [-0.05, 0) is 39.0 Å². The Hall–Kier alpha value is -2.43. The van der Waals surface area contributed by atoms with E-state index < -0.39 is 0 Å². The molecule has 0 saturated carbocycles. The first kappa shape index (κ1) is 13.0. The lowest BCUT2D eigenvalue weighted by molar-refractivity contribution is 0.102. The third-order valence-corrected chi connectivity index (χ3v) is 2.76. The van der Waals surface area contributed by atoms with Crippen LogP contribution in [0.2, 0.25) is 0 Å². The van der Waals surface area contributed by atoms with Gasteiger partial charge in [-0.2, -0.15) is 0 Å². The summed E-state index contributed by atoms with van der Waals surface area (Å²) in [6, 6.07) is 6.64. The molecular weight excluding hydrogens is 242 g/mol. The van der Waals surface area contributed by atoms with E-state index >= 15 is 0 Å². The number of anilines is 1. The van der Waals surface area contributed by atoms with Crippen molar-refractivity contribution in [2.45, 2.75) is 20.8 Å². The maximum absolute atomic E-state index is 12.1. The van der Waals surface area contributed by atoms with E-state index in [0.29, 0.717) is 11.1 Å². The SMILES string of the molecule is Cc1cc(C)nc(NC(=O)c2cccc(O)c2C)n1. The van der Waals surface area contributed by atoms with Crippen LogP contribution in [0, 0.1) is 20.8 Å². The molecule has 0 unspecified atom stereocenters. The van der Waals surface area contributed by atoms with Crippen molar-refractivity contribution in [1.82, 2.24) is 9.97 Å². The molecule has 0 fully saturated rings. The second-order valence-corrected chi connectivity index (χ2v) is 4.38. The van der Waals surface area contributed by atoms with Gasteiger partial charge in [0.15, 0.2) is 0 Å². The van der Waals surface area contributed by atoms with Crippen molar-refractivity contribution < 1.29 is 9.90 Å². The monoisotopic (exact) mass is 257 g/mol.